The van der Waals surface area contributed by atoms with Gasteiger partial charge in [0.05, 0.1) is 18.3 Å². The maximum absolute atomic E-state index is 12.5. The smallest absolute Gasteiger partial charge is 0.234 e. The molecule has 4 rings (SSSR count). The van der Waals surface area contributed by atoms with E-state index in [9.17, 15) is 14.7 Å². The molecule has 7 nitrogen and oxygen atoms in total. The van der Waals surface area contributed by atoms with Gasteiger partial charge in [0.1, 0.15) is 17.1 Å². The summed E-state index contributed by atoms with van der Waals surface area (Å²) in [4.78, 5) is 27.1. The van der Waals surface area contributed by atoms with E-state index in [0.717, 1.165) is 16.7 Å². The molecular formula is C24H27N3O4. The minimum atomic E-state index is -0.221. The van der Waals surface area contributed by atoms with Gasteiger partial charge in [-0.25, -0.2) is 0 Å². The molecule has 31 heavy (non-hydrogen) atoms. The number of hydrogen-bond donors (Lipinski definition) is 3. The highest BCUT2D eigenvalue weighted by molar-refractivity contribution is 5.94. The van der Waals surface area contributed by atoms with Gasteiger partial charge in [-0.2, -0.15) is 0 Å². The lowest BCUT2D eigenvalue weighted by Crippen LogP contribution is -2.43. The molecule has 3 aromatic rings. The average Bonchev–Trinajstić information content (AvgIpc) is 3.20. The Balaban J connectivity index is 1.24. The summed E-state index contributed by atoms with van der Waals surface area (Å²) < 4.78 is 5.83. The Morgan fingerprint density at radius 2 is 1.84 bits per heavy atom. The molecular weight excluding hydrogens is 394 g/mol. The Labute approximate surface area is 181 Å². The zero-order chi connectivity index (χ0) is 21.8. The molecule has 1 aromatic heterocycles. The second kappa shape index (κ2) is 9.22. The van der Waals surface area contributed by atoms with E-state index in [1.165, 1.54) is 0 Å². The maximum atomic E-state index is 12.5. The van der Waals surface area contributed by atoms with Crippen molar-refractivity contribution in [3.8, 4) is 5.75 Å². The second-order valence-electron chi connectivity index (χ2n) is 8.03. The summed E-state index contributed by atoms with van der Waals surface area (Å²) in [6.07, 6.45) is 1.34. The number of likely N-dealkylation sites (tertiary alicyclic amines) is 1. The Hall–Kier alpha value is -3.32. The number of para-hydroxylation sites is 3. The van der Waals surface area contributed by atoms with Gasteiger partial charge in [0, 0.05) is 11.3 Å². The highest BCUT2D eigenvalue weighted by atomic mass is 16.3. The van der Waals surface area contributed by atoms with Crippen LogP contribution < -0.4 is 10.6 Å². The van der Waals surface area contributed by atoms with Gasteiger partial charge < -0.3 is 20.2 Å². The molecule has 0 aliphatic carbocycles. The predicted octanol–water partition coefficient (Wildman–Crippen LogP) is 3.67. The van der Waals surface area contributed by atoms with Crippen molar-refractivity contribution < 1.29 is 19.1 Å². The van der Waals surface area contributed by atoms with Crippen molar-refractivity contribution in [2.45, 2.75) is 25.8 Å². The van der Waals surface area contributed by atoms with Gasteiger partial charge in [0.2, 0.25) is 11.8 Å². The van der Waals surface area contributed by atoms with Crippen molar-refractivity contribution in [2.75, 3.05) is 25.0 Å². The lowest BCUT2D eigenvalue weighted by atomic mass is 9.95. The van der Waals surface area contributed by atoms with Crippen LogP contribution in [0.3, 0.4) is 0 Å². The second-order valence-corrected chi connectivity index (χ2v) is 8.03. The number of phenolic OH excluding ortho intramolecular Hbond substituents is 1. The standard InChI is InChI=1S/C24H27N3O4/c1-16(22-14-18-6-2-5-9-21(18)31-22)25-23(29)15-27-12-10-17(11-13-27)24(30)26-19-7-3-4-8-20(19)28/h2-9,14,16-17,28H,10-13,15H2,1H3,(H,25,29)(H,26,30). The lowest BCUT2D eigenvalue weighted by molar-refractivity contribution is -0.124. The van der Waals surface area contributed by atoms with E-state index < -0.39 is 0 Å². The topological polar surface area (TPSA) is 94.8 Å². The molecule has 2 amide bonds. The molecule has 1 atom stereocenters. The first-order valence-corrected chi connectivity index (χ1v) is 10.6. The van der Waals surface area contributed by atoms with Crippen LogP contribution in [-0.4, -0.2) is 41.5 Å². The van der Waals surface area contributed by atoms with Gasteiger partial charge in [0.25, 0.3) is 0 Å². The van der Waals surface area contributed by atoms with Crippen molar-refractivity contribution in [3.05, 3.63) is 60.4 Å². The first-order valence-electron chi connectivity index (χ1n) is 10.6. The van der Waals surface area contributed by atoms with E-state index in [4.69, 9.17) is 4.42 Å². The minimum absolute atomic E-state index is 0.0588. The molecule has 0 saturated carbocycles. The Morgan fingerprint density at radius 3 is 2.58 bits per heavy atom. The van der Waals surface area contributed by atoms with E-state index in [-0.39, 0.29) is 29.5 Å². The summed E-state index contributed by atoms with van der Waals surface area (Å²) in [6, 6.07) is 16.2. The third-order valence-electron chi connectivity index (χ3n) is 5.74. The number of rotatable bonds is 6. The Bertz CT molecular complexity index is 1040. The number of carbonyl (C=O) groups excluding carboxylic acids is 2. The van der Waals surface area contributed by atoms with E-state index in [0.29, 0.717) is 38.2 Å². The number of nitrogens with one attached hydrogen (secondary N) is 2. The number of furan rings is 1. The fourth-order valence-corrected chi connectivity index (χ4v) is 3.94. The Kier molecular flexibility index (Phi) is 6.23. The summed E-state index contributed by atoms with van der Waals surface area (Å²) in [5, 5.41) is 16.6. The molecule has 7 heteroatoms. The first-order chi connectivity index (χ1) is 15.0. The molecule has 1 aliphatic heterocycles. The van der Waals surface area contributed by atoms with Gasteiger partial charge in [0.15, 0.2) is 0 Å². The van der Waals surface area contributed by atoms with Crippen molar-refractivity contribution in [2.24, 2.45) is 5.92 Å². The van der Waals surface area contributed by atoms with Crippen molar-refractivity contribution >= 4 is 28.5 Å². The Morgan fingerprint density at radius 1 is 1.13 bits per heavy atom. The third kappa shape index (κ3) is 5.06. The van der Waals surface area contributed by atoms with Crippen LogP contribution >= 0.6 is 0 Å². The van der Waals surface area contributed by atoms with Crippen molar-refractivity contribution in [3.63, 3.8) is 0 Å². The van der Waals surface area contributed by atoms with Gasteiger partial charge in [-0.1, -0.05) is 30.3 Å². The highest BCUT2D eigenvalue weighted by Gasteiger charge is 2.27. The molecule has 0 spiro atoms. The SMILES string of the molecule is CC(NC(=O)CN1CCC(C(=O)Nc2ccccc2O)CC1)c1cc2ccccc2o1. The lowest BCUT2D eigenvalue weighted by Gasteiger charge is -2.31. The molecule has 1 saturated heterocycles. The summed E-state index contributed by atoms with van der Waals surface area (Å²) >= 11 is 0. The van der Waals surface area contributed by atoms with E-state index in [1.54, 1.807) is 24.3 Å². The van der Waals surface area contributed by atoms with E-state index >= 15 is 0 Å². The number of piperidine rings is 1. The van der Waals surface area contributed by atoms with Crippen LogP contribution in [0.15, 0.2) is 59.0 Å². The molecule has 0 bridgehead atoms. The number of hydrogen-bond acceptors (Lipinski definition) is 5. The van der Waals surface area contributed by atoms with Crippen LogP contribution in [0, 0.1) is 5.92 Å². The van der Waals surface area contributed by atoms with Gasteiger partial charge >= 0.3 is 0 Å². The largest absolute Gasteiger partial charge is 0.506 e. The molecule has 2 aromatic carbocycles. The molecule has 2 heterocycles. The molecule has 1 unspecified atom stereocenters. The number of amides is 2. The molecule has 0 radical (unpaired) electrons. The van der Waals surface area contributed by atoms with Gasteiger partial charge in [-0.3, -0.25) is 14.5 Å². The van der Waals surface area contributed by atoms with Crippen LogP contribution in [-0.2, 0) is 9.59 Å². The normalized spacial score (nSPS) is 16.2. The van der Waals surface area contributed by atoms with Crippen LogP contribution in [0.2, 0.25) is 0 Å². The molecule has 1 aliphatic rings. The van der Waals surface area contributed by atoms with Crippen LogP contribution in [0.25, 0.3) is 11.0 Å². The number of fused-ring (bicyclic) bond motifs is 1. The molecule has 1 fully saturated rings. The monoisotopic (exact) mass is 421 g/mol. The zero-order valence-electron chi connectivity index (χ0n) is 17.5. The van der Waals surface area contributed by atoms with Crippen LogP contribution in [0.1, 0.15) is 31.6 Å². The third-order valence-corrected chi connectivity index (χ3v) is 5.74. The molecule has 3 N–H and O–H groups in total. The zero-order valence-corrected chi connectivity index (χ0v) is 17.5. The number of aromatic hydroxyl groups is 1. The van der Waals surface area contributed by atoms with E-state index in [1.807, 2.05) is 37.3 Å². The predicted molar refractivity (Wildman–Crippen MR) is 119 cm³/mol. The fraction of sp³-hybridized carbons (Fsp3) is 0.333. The fourth-order valence-electron chi connectivity index (χ4n) is 3.94. The van der Waals surface area contributed by atoms with Crippen molar-refractivity contribution in [1.29, 1.82) is 0 Å². The summed E-state index contributed by atoms with van der Waals surface area (Å²) in [7, 11) is 0. The number of phenols is 1. The number of benzene rings is 2. The number of anilines is 1. The summed E-state index contributed by atoms with van der Waals surface area (Å²) in [5.41, 5.74) is 1.23. The van der Waals surface area contributed by atoms with Crippen molar-refractivity contribution in [1.82, 2.24) is 10.2 Å². The number of carbonyl (C=O) groups is 2. The summed E-state index contributed by atoms with van der Waals surface area (Å²) in [5.74, 6) is 0.500. The van der Waals surface area contributed by atoms with Gasteiger partial charge in [-0.15, -0.1) is 0 Å². The van der Waals surface area contributed by atoms with Gasteiger partial charge in [-0.05, 0) is 57.1 Å². The van der Waals surface area contributed by atoms with Crippen LogP contribution in [0.4, 0.5) is 5.69 Å². The van der Waals surface area contributed by atoms with E-state index in [2.05, 4.69) is 15.5 Å². The minimum Gasteiger partial charge on any atom is -0.506 e. The number of nitrogens with zero attached hydrogens (tertiary/aromatic N) is 1. The maximum Gasteiger partial charge on any atom is 0.234 e. The van der Waals surface area contributed by atoms with Crippen LogP contribution in [0.5, 0.6) is 5.75 Å². The average molecular weight is 421 g/mol. The molecule has 162 valence electrons. The summed E-state index contributed by atoms with van der Waals surface area (Å²) in [6.45, 7) is 3.54. The first kappa shape index (κ1) is 20.9. The quantitative estimate of drug-likeness (QED) is 0.528. The highest BCUT2D eigenvalue weighted by Crippen LogP contribution is 2.25.